The van der Waals surface area contributed by atoms with Crippen molar-refractivity contribution in [3.05, 3.63) is 47.9 Å². The maximum absolute atomic E-state index is 12.6. The minimum atomic E-state index is -0.398. The van der Waals surface area contributed by atoms with Gasteiger partial charge in [-0.05, 0) is 24.6 Å². The number of nitrogen functional groups attached to an aromatic ring is 1. The van der Waals surface area contributed by atoms with Crippen molar-refractivity contribution in [3.63, 3.8) is 0 Å². The molecule has 2 N–H and O–H groups in total. The van der Waals surface area contributed by atoms with Crippen LogP contribution in [0.1, 0.15) is 5.56 Å². The van der Waals surface area contributed by atoms with Crippen molar-refractivity contribution in [1.29, 1.82) is 0 Å². The summed E-state index contributed by atoms with van der Waals surface area (Å²) in [5, 5.41) is 0. The summed E-state index contributed by atoms with van der Waals surface area (Å²) in [6.45, 7) is 1.88. The largest absolute Gasteiger partial charge is 0.437 e. The van der Waals surface area contributed by atoms with Crippen LogP contribution < -0.4 is 10.5 Å². The van der Waals surface area contributed by atoms with Gasteiger partial charge in [0.25, 0.3) is 0 Å². The van der Waals surface area contributed by atoms with Gasteiger partial charge in [0.2, 0.25) is 5.88 Å². The molecule has 4 heteroatoms. The Balaban J connectivity index is 2.30. The summed E-state index contributed by atoms with van der Waals surface area (Å²) in [5.74, 6) is 0.481. The lowest BCUT2D eigenvalue weighted by atomic mass is 10.2. The van der Waals surface area contributed by atoms with Gasteiger partial charge in [0.15, 0.2) is 5.75 Å². The Morgan fingerprint density at radius 2 is 2.06 bits per heavy atom. The van der Waals surface area contributed by atoms with Crippen LogP contribution in [0.4, 0.5) is 10.1 Å². The molecule has 0 fully saturated rings. The summed E-state index contributed by atoms with van der Waals surface area (Å²) in [6, 6.07) is 8.22. The van der Waals surface area contributed by atoms with Crippen molar-refractivity contribution in [3.8, 4) is 11.6 Å². The average Bonchev–Trinajstić information content (AvgIpc) is 2.26. The third-order valence-corrected chi connectivity index (χ3v) is 2.15. The number of para-hydroxylation sites is 1. The van der Waals surface area contributed by atoms with Crippen LogP contribution in [0.25, 0.3) is 0 Å². The summed E-state index contributed by atoms with van der Waals surface area (Å²) in [6.07, 6.45) is 1.10. The van der Waals surface area contributed by atoms with E-state index in [9.17, 15) is 4.39 Å². The van der Waals surface area contributed by atoms with Gasteiger partial charge in [-0.2, -0.15) is 0 Å². The number of pyridine rings is 1. The van der Waals surface area contributed by atoms with E-state index in [-0.39, 0.29) is 0 Å². The van der Waals surface area contributed by atoms with Gasteiger partial charge < -0.3 is 10.5 Å². The topological polar surface area (TPSA) is 48.1 Å². The molecule has 0 atom stereocenters. The van der Waals surface area contributed by atoms with Crippen molar-refractivity contribution in [2.75, 3.05) is 5.73 Å². The zero-order valence-electron chi connectivity index (χ0n) is 8.77. The minimum Gasteiger partial charge on any atom is -0.437 e. The van der Waals surface area contributed by atoms with Crippen molar-refractivity contribution in [1.82, 2.24) is 4.98 Å². The van der Waals surface area contributed by atoms with Crippen LogP contribution >= 0.6 is 0 Å². The molecule has 0 saturated carbocycles. The van der Waals surface area contributed by atoms with Crippen molar-refractivity contribution >= 4 is 5.69 Å². The monoisotopic (exact) mass is 218 g/mol. The second kappa shape index (κ2) is 4.18. The van der Waals surface area contributed by atoms with Crippen LogP contribution in [-0.4, -0.2) is 4.98 Å². The van der Waals surface area contributed by atoms with Gasteiger partial charge in [0.05, 0.1) is 11.9 Å². The second-order valence-electron chi connectivity index (χ2n) is 3.41. The first kappa shape index (κ1) is 10.4. The predicted octanol–water partition coefficient (Wildman–Crippen LogP) is 2.90. The molecule has 1 aromatic heterocycles. The smallest absolute Gasteiger partial charge is 0.219 e. The number of ether oxygens (including phenoxy) is 1. The first-order chi connectivity index (χ1) is 7.66. The maximum Gasteiger partial charge on any atom is 0.219 e. The van der Waals surface area contributed by atoms with E-state index in [4.69, 9.17) is 10.5 Å². The molecule has 16 heavy (non-hydrogen) atoms. The van der Waals surface area contributed by atoms with Crippen LogP contribution in [0.3, 0.4) is 0 Å². The number of aryl methyl sites for hydroxylation is 1. The highest BCUT2D eigenvalue weighted by molar-refractivity contribution is 5.57. The highest BCUT2D eigenvalue weighted by atomic mass is 19.1. The molecule has 2 rings (SSSR count). The SMILES string of the molecule is Cc1cccc(N)c1Oc1ccc(F)cn1. The number of nitrogens with two attached hydrogens (primary N) is 1. The lowest BCUT2D eigenvalue weighted by molar-refractivity contribution is 0.458. The summed E-state index contributed by atoms with van der Waals surface area (Å²) in [7, 11) is 0. The Hall–Kier alpha value is -2.10. The Morgan fingerprint density at radius 3 is 2.69 bits per heavy atom. The number of halogens is 1. The lowest BCUT2D eigenvalue weighted by Gasteiger charge is -2.09. The number of benzene rings is 1. The fourth-order valence-corrected chi connectivity index (χ4v) is 1.34. The van der Waals surface area contributed by atoms with E-state index in [1.807, 2.05) is 19.1 Å². The molecule has 0 aliphatic carbocycles. The van der Waals surface area contributed by atoms with Gasteiger partial charge in [0, 0.05) is 6.07 Å². The van der Waals surface area contributed by atoms with E-state index in [1.54, 1.807) is 6.07 Å². The first-order valence-electron chi connectivity index (χ1n) is 4.81. The molecule has 82 valence electrons. The van der Waals surface area contributed by atoms with Crippen molar-refractivity contribution < 1.29 is 9.13 Å². The molecule has 1 aromatic carbocycles. The van der Waals surface area contributed by atoms with E-state index in [0.717, 1.165) is 11.8 Å². The molecule has 0 aliphatic rings. The Labute approximate surface area is 92.7 Å². The van der Waals surface area contributed by atoms with Gasteiger partial charge in [0.1, 0.15) is 5.82 Å². The minimum absolute atomic E-state index is 0.322. The Bertz CT molecular complexity index is 477. The molecule has 0 bridgehead atoms. The summed E-state index contributed by atoms with van der Waals surface area (Å²) >= 11 is 0. The van der Waals surface area contributed by atoms with Gasteiger partial charge >= 0.3 is 0 Å². The highest BCUT2D eigenvalue weighted by Crippen LogP contribution is 2.29. The normalized spacial score (nSPS) is 10.1. The molecule has 3 nitrogen and oxygen atoms in total. The molecule has 0 saturated heterocycles. The molecule has 0 amide bonds. The van der Waals surface area contributed by atoms with Crippen molar-refractivity contribution in [2.45, 2.75) is 6.92 Å². The number of nitrogens with zero attached hydrogens (tertiary/aromatic N) is 1. The molecule has 0 spiro atoms. The van der Waals surface area contributed by atoms with Crippen molar-refractivity contribution in [2.24, 2.45) is 0 Å². The number of aromatic nitrogens is 1. The highest BCUT2D eigenvalue weighted by Gasteiger charge is 2.06. The molecule has 1 heterocycles. The third kappa shape index (κ3) is 2.11. The zero-order chi connectivity index (χ0) is 11.5. The summed E-state index contributed by atoms with van der Waals surface area (Å²) in [5.41, 5.74) is 7.21. The van der Waals surface area contributed by atoms with Gasteiger partial charge in [-0.1, -0.05) is 12.1 Å². The summed E-state index contributed by atoms with van der Waals surface area (Å²) in [4.78, 5) is 3.80. The molecular weight excluding hydrogens is 207 g/mol. The van der Waals surface area contributed by atoms with Crippen LogP contribution in [0.5, 0.6) is 11.6 Å². The van der Waals surface area contributed by atoms with Crippen LogP contribution in [0.2, 0.25) is 0 Å². The predicted molar refractivity (Wildman–Crippen MR) is 59.9 cm³/mol. The van der Waals surface area contributed by atoms with E-state index >= 15 is 0 Å². The van der Waals surface area contributed by atoms with Crippen LogP contribution in [-0.2, 0) is 0 Å². The molecule has 0 aliphatic heterocycles. The Morgan fingerprint density at radius 1 is 1.25 bits per heavy atom. The molecule has 2 aromatic rings. The maximum atomic E-state index is 12.6. The van der Waals surface area contributed by atoms with Gasteiger partial charge in [-0.3, -0.25) is 0 Å². The average molecular weight is 218 g/mol. The van der Waals surface area contributed by atoms with E-state index in [2.05, 4.69) is 4.98 Å². The molecule has 0 radical (unpaired) electrons. The molecule has 0 unspecified atom stereocenters. The number of hydrogen-bond donors (Lipinski definition) is 1. The zero-order valence-corrected chi connectivity index (χ0v) is 8.77. The lowest BCUT2D eigenvalue weighted by Crippen LogP contribution is -1.95. The number of rotatable bonds is 2. The standard InChI is InChI=1S/C12H11FN2O/c1-8-3-2-4-10(14)12(8)16-11-6-5-9(13)7-15-11/h2-7H,14H2,1H3. The fraction of sp³-hybridized carbons (Fsp3) is 0.0833. The summed E-state index contributed by atoms with van der Waals surface area (Å²) < 4.78 is 18.1. The van der Waals surface area contributed by atoms with E-state index in [1.165, 1.54) is 12.1 Å². The first-order valence-corrected chi connectivity index (χ1v) is 4.81. The molecular formula is C12H11FN2O. The van der Waals surface area contributed by atoms with E-state index in [0.29, 0.717) is 17.3 Å². The van der Waals surface area contributed by atoms with Gasteiger partial charge in [-0.25, -0.2) is 9.37 Å². The Kier molecular flexibility index (Phi) is 2.72. The van der Waals surface area contributed by atoms with Crippen LogP contribution in [0.15, 0.2) is 36.5 Å². The van der Waals surface area contributed by atoms with E-state index < -0.39 is 5.82 Å². The quantitative estimate of drug-likeness (QED) is 0.788. The second-order valence-corrected chi connectivity index (χ2v) is 3.41. The third-order valence-electron chi connectivity index (χ3n) is 2.15. The number of hydrogen-bond acceptors (Lipinski definition) is 3. The number of anilines is 1. The van der Waals surface area contributed by atoms with Crippen LogP contribution in [0, 0.1) is 12.7 Å². The fourth-order valence-electron chi connectivity index (χ4n) is 1.34. The van der Waals surface area contributed by atoms with Gasteiger partial charge in [-0.15, -0.1) is 0 Å².